The minimum absolute atomic E-state index is 0.158. The Kier molecular flexibility index (Phi) is 6.33. The van der Waals surface area contributed by atoms with Crippen molar-refractivity contribution in [2.75, 3.05) is 11.9 Å². The standard InChI is InChI=1S/C24H25NO3/c1-4-27-23-14-13-19(24(26)25-21-11-7-5-9-17(21)2)15-20(23)16-28-22-12-8-6-10-18(22)3/h5-15H,4,16H2,1-3H3,(H,25,26). The molecule has 0 unspecified atom stereocenters. The lowest BCUT2D eigenvalue weighted by Crippen LogP contribution is -2.13. The van der Waals surface area contributed by atoms with E-state index in [1.807, 2.05) is 81.4 Å². The maximum absolute atomic E-state index is 12.7. The molecule has 1 N–H and O–H groups in total. The van der Waals surface area contributed by atoms with Crippen LogP contribution in [-0.4, -0.2) is 12.5 Å². The van der Waals surface area contributed by atoms with Crippen LogP contribution in [0.5, 0.6) is 11.5 Å². The fourth-order valence-corrected chi connectivity index (χ4v) is 2.91. The molecule has 144 valence electrons. The number of rotatable bonds is 7. The Morgan fingerprint density at radius 2 is 1.57 bits per heavy atom. The average molecular weight is 375 g/mol. The second-order valence-electron chi connectivity index (χ2n) is 6.58. The Hall–Kier alpha value is -3.27. The zero-order chi connectivity index (χ0) is 19.9. The second kappa shape index (κ2) is 9.09. The third-order valence-corrected chi connectivity index (χ3v) is 4.49. The molecule has 3 aromatic rings. The maximum atomic E-state index is 12.7. The number of hydrogen-bond donors (Lipinski definition) is 1. The van der Waals surface area contributed by atoms with Crippen molar-refractivity contribution >= 4 is 11.6 Å². The zero-order valence-corrected chi connectivity index (χ0v) is 16.5. The molecule has 0 aliphatic rings. The van der Waals surface area contributed by atoms with Crippen LogP contribution >= 0.6 is 0 Å². The summed E-state index contributed by atoms with van der Waals surface area (Å²) in [4.78, 5) is 12.7. The first-order valence-corrected chi connectivity index (χ1v) is 9.39. The first kappa shape index (κ1) is 19.5. The Morgan fingerprint density at radius 3 is 2.29 bits per heavy atom. The quantitative estimate of drug-likeness (QED) is 0.590. The van der Waals surface area contributed by atoms with Crippen LogP contribution in [0.1, 0.15) is 34.0 Å². The number of carbonyl (C=O) groups excluding carboxylic acids is 1. The van der Waals surface area contributed by atoms with Crippen LogP contribution in [0, 0.1) is 13.8 Å². The van der Waals surface area contributed by atoms with Crippen LogP contribution in [0.3, 0.4) is 0 Å². The number of amides is 1. The molecule has 3 rings (SSSR count). The molecule has 4 heteroatoms. The van der Waals surface area contributed by atoms with E-state index in [-0.39, 0.29) is 5.91 Å². The van der Waals surface area contributed by atoms with Crippen LogP contribution in [0.2, 0.25) is 0 Å². The Morgan fingerprint density at radius 1 is 0.857 bits per heavy atom. The van der Waals surface area contributed by atoms with E-state index in [1.165, 1.54) is 0 Å². The van der Waals surface area contributed by atoms with Crippen LogP contribution in [0.4, 0.5) is 5.69 Å². The van der Waals surface area contributed by atoms with Crippen LogP contribution in [0.15, 0.2) is 66.7 Å². The van der Waals surface area contributed by atoms with Gasteiger partial charge in [0, 0.05) is 16.8 Å². The summed E-state index contributed by atoms with van der Waals surface area (Å²) in [5, 5.41) is 2.97. The van der Waals surface area contributed by atoms with Crippen molar-refractivity contribution in [3.05, 3.63) is 89.0 Å². The van der Waals surface area contributed by atoms with Crippen LogP contribution in [0.25, 0.3) is 0 Å². The largest absolute Gasteiger partial charge is 0.493 e. The molecule has 0 spiro atoms. The monoisotopic (exact) mass is 375 g/mol. The molecule has 0 saturated heterocycles. The molecule has 0 heterocycles. The summed E-state index contributed by atoms with van der Waals surface area (Å²) in [6.07, 6.45) is 0. The molecule has 3 aromatic carbocycles. The van der Waals surface area contributed by atoms with Gasteiger partial charge < -0.3 is 14.8 Å². The number of hydrogen-bond acceptors (Lipinski definition) is 3. The van der Waals surface area contributed by atoms with Gasteiger partial charge in [0.25, 0.3) is 5.91 Å². The van der Waals surface area contributed by atoms with Gasteiger partial charge in [-0.3, -0.25) is 4.79 Å². The maximum Gasteiger partial charge on any atom is 0.255 e. The molecule has 0 atom stereocenters. The van der Waals surface area contributed by atoms with E-state index in [4.69, 9.17) is 9.47 Å². The zero-order valence-electron chi connectivity index (χ0n) is 16.5. The average Bonchev–Trinajstić information content (AvgIpc) is 2.70. The summed E-state index contributed by atoms with van der Waals surface area (Å²) in [6, 6.07) is 21.0. The molecule has 0 aromatic heterocycles. The molecule has 0 bridgehead atoms. The second-order valence-corrected chi connectivity index (χ2v) is 6.58. The van der Waals surface area contributed by atoms with Crippen LogP contribution < -0.4 is 14.8 Å². The lowest BCUT2D eigenvalue weighted by molar-refractivity contribution is 0.102. The lowest BCUT2D eigenvalue weighted by Gasteiger charge is -2.15. The topological polar surface area (TPSA) is 47.6 Å². The highest BCUT2D eigenvalue weighted by Gasteiger charge is 2.13. The summed E-state index contributed by atoms with van der Waals surface area (Å²) in [5.74, 6) is 1.39. The number of anilines is 1. The third-order valence-electron chi connectivity index (χ3n) is 4.49. The number of nitrogens with one attached hydrogen (secondary N) is 1. The molecule has 0 aliphatic heterocycles. The highest BCUT2D eigenvalue weighted by atomic mass is 16.5. The van der Waals surface area contributed by atoms with Gasteiger partial charge in [-0.25, -0.2) is 0 Å². The molecule has 0 saturated carbocycles. The summed E-state index contributed by atoms with van der Waals surface area (Å²) >= 11 is 0. The minimum Gasteiger partial charge on any atom is -0.493 e. The van der Waals surface area contributed by atoms with Gasteiger partial charge in [0.15, 0.2) is 0 Å². The van der Waals surface area contributed by atoms with E-state index < -0.39 is 0 Å². The number of benzene rings is 3. The lowest BCUT2D eigenvalue weighted by atomic mass is 10.1. The summed E-state index contributed by atoms with van der Waals surface area (Å²) < 4.78 is 11.7. The molecule has 0 radical (unpaired) electrons. The van der Waals surface area contributed by atoms with Gasteiger partial charge in [-0.1, -0.05) is 36.4 Å². The first-order valence-electron chi connectivity index (χ1n) is 9.39. The normalized spacial score (nSPS) is 10.4. The van der Waals surface area contributed by atoms with Crippen LogP contribution in [-0.2, 0) is 6.61 Å². The van der Waals surface area contributed by atoms with Crippen molar-refractivity contribution in [3.8, 4) is 11.5 Å². The molecule has 0 fully saturated rings. The van der Waals surface area contributed by atoms with E-state index >= 15 is 0 Å². The van der Waals surface area contributed by atoms with Crippen molar-refractivity contribution in [1.82, 2.24) is 0 Å². The van der Waals surface area contributed by atoms with E-state index in [0.717, 1.165) is 33.9 Å². The van der Waals surface area contributed by atoms with E-state index in [0.29, 0.717) is 18.8 Å². The van der Waals surface area contributed by atoms with Crippen molar-refractivity contribution in [2.24, 2.45) is 0 Å². The highest BCUT2D eigenvalue weighted by molar-refractivity contribution is 6.04. The van der Waals surface area contributed by atoms with E-state index in [2.05, 4.69) is 5.32 Å². The van der Waals surface area contributed by atoms with E-state index in [1.54, 1.807) is 6.07 Å². The Balaban J connectivity index is 1.81. The molecule has 0 aliphatic carbocycles. The summed E-state index contributed by atoms with van der Waals surface area (Å²) in [6.45, 7) is 6.78. The fourth-order valence-electron chi connectivity index (χ4n) is 2.91. The number of ether oxygens (including phenoxy) is 2. The third kappa shape index (κ3) is 4.71. The minimum atomic E-state index is -0.158. The van der Waals surface area contributed by atoms with Gasteiger partial charge in [-0.2, -0.15) is 0 Å². The molecular formula is C24H25NO3. The fraction of sp³-hybridized carbons (Fsp3) is 0.208. The van der Waals surface area contributed by atoms with Gasteiger partial charge in [0.2, 0.25) is 0 Å². The first-order chi connectivity index (χ1) is 13.6. The molecular weight excluding hydrogens is 350 g/mol. The predicted octanol–water partition coefficient (Wildman–Crippen LogP) is 5.53. The van der Waals surface area contributed by atoms with Crippen molar-refractivity contribution in [2.45, 2.75) is 27.4 Å². The summed E-state index contributed by atoms with van der Waals surface area (Å²) in [5.41, 5.74) is 4.29. The van der Waals surface area contributed by atoms with Crippen molar-refractivity contribution in [3.63, 3.8) is 0 Å². The molecule has 28 heavy (non-hydrogen) atoms. The van der Waals surface area contributed by atoms with Gasteiger partial charge in [0.1, 0.15) is 18.1 Å². The van der Waals surface area contributed by atoms with Crippen molar-refractivity contribution < 1.29 is 14.3 Å². The molecule has 1 amide bonds. The number of aryl methyl sites for hydroxylation is 2. The van der Waals surface area contributed by atoms with Gasteiger partial charge in [0.05, 0.1) is 6.61 Å². The Labute approximate surface area is 166 Å². The van der Waals surface area contributed by atoms with Crippen molar-refractivity contribution in [1.29, 1.82) is 0 Å². The predicted molar refractivity (Wildman–Crippen MR) is 112 cm³/mol. The summed E-state index contributed by atoms with van der Waals surface area (Å²) in [7, 11) is 0. The van der Waals surface area contributed by atoms with E-state index in [9.17, 15) is 4.79 Å². The SMILES string of the molecule is CCOc1ccc(C(=O)Nc2ccccc2C)cc1COc1ccccc1C. The number of carbonyl (C=O) groups is 1. The smallest absolute Gasteiger partial charge is 0.255 e. The van der Waals surface area contributed by atoms with Gasteiger partial charge in [-0.05, 0) is 62.2 Å². The Bertz CT molecular complexity index is 966. The molecule has 4 nitrogen and oxygen atoms in total. The van der Waals surface area contributed by atoms with Gasteiger partial charge >= 0.3 is 0 Å². The van der Waals surface area contributed by atoms with Gasteiger partial charge in [-0.15, -0.1) is 0 Å². The number of para-hydroxylation sites is 2. The highest BCUT2D eigenvalue weighted by Crippen LogP contribution is 2.25.